The summed E-state index contributed by atoms with van der Waals surface area (Å²) in [5.74, 6) is -0.0542. The van der Waals surface area contributed by atoms with Crippen molar-refractivity contribution in [3.05, 3.63) is 34.6 Å². The van der Waals surface area contributed by atoms with Crippen LogP contribution < -0.4 is 5.73 Å². The second kappa shape index (κ2) is 5.34. The van der Waals surface area contributed by atoms with Gasteiger partial charge in [0, 0.05) is 18.6 Å². The predicted octanol–water partition coefficient (Wildman–Crippen LogP) is 2.77. The molecule has 3 atom stereocenters. The van der Waals surface area contributed by atoms with Crippen molar-refractivity contribution in [2.45, 2.75) is 31.9 Å². The minimum absolute atomic E-state index is 0.0354. The van der Waals surface area contributed by atoms with Crippen molar-refractivity contribution in [1.82, 2.24) is 0 Å². The van der Waals surface area contributed by atoms with Gasteiger partial charge in [-0.1, -0.05) is 23.7 Å². The van der Waals surface area contributed by atoms with Crippen LogP contribution in [0.25, 0.3) is 0 Å². The average molecular weight is 258 g/mol. The van der Waals surface area contributed by atoms with Crippen molar-refractivity contribution >= 4 is 11.6 Å². The van der Waals surface area contributed by atoms with E-state index in [2.05, 4.69) is 0 Å². The largest absolute Gasteiger partial charge is 0.378 e. The van der Waals surface area contributed by atoms with Crippen LogP contribution in [-0.2, 0) is 11.2 Å². The van der Waals surface area contributed by atoms with E-state index in [0.717, 1.165) is 18.6 Å². The first-order chi connectivity index (χ1) is 8.09. The van der Waals surface area contributed by atoms with E-state index in [1.54, 1.807) is 6.07 Å². The minimum atomic E-state index is -0.382. The van der Waals surface area contributed by atoms with Gasteiger partial charge in [-0.25, -0.2) is 4.39 Å². The van der Waals surface area contributed by atoms with E-state index >= 15 is 0 Å². The van der Waals surface area contributed by atoms with E-state index in [1.807, 2.05) is 13.0 Å². The lowest BCUT2D eigenvalue weighted by Gasteiger charge is -2.22. The Balaban J connectivity index is 2.07. The van der Waals surface area contributed by atoms with Crippen LogP contribution in [0.1, 0.15) is 18.9 Å². The molecule has 0 radical (unpaired) electrons. The van der Waals surface area contributed by atoms with E-state index in [1.165, 1.54) is 6.07 Å². The molecule has 0 amide bonds. The van der Waals surface area contributed by atoms with E-state index < -0.39 is 0 Å². The van der Waals surface area contributed by atoms with Gasteiger partial charge in [0.2, 0.25) is 0 Å². The Hall–Kier alpha value is -0.640. The summed E-state index contributed by atoms with van der Waals surface area (Å²) in [6, 6.07) is 4.81. The standard InChI is InChI=1S/C13H17ClFNO/c1-8-10(5-6-17-8)12(16)7-9-3-2-4-11(15)13(9)14/h2-4,8,10,12H,5-7,16H2,1H3. The topological polar surface area (TPSA) is 35.2 Å². The van der Waals surface area contributed by atoms with Crippen molar-refractivity contribution in [2.24, 2.45) is 11.7 Å². The van der Waals surface area contributed by atoms with Gasteiger partial charge >= 0.3 is 0 Å². The van der Waals surface area contributed by atoms with E-state index in [0.29, 0.717) is 12.3 Å². The smallest absolute Gasteiger partial charge is 0.142 e. The third kappa shape index (κ3) is 2.79. The van der Waals surface area contributed by atoms with Crippen LogP contribution in [0.2, 0.25) is 5.02 Å². The summed E-state index contributed by atoms with van der Waals surface area (Å²) in [7, 11) is 0. The molecule has 1 aliphatic rings. The first-order valence-corrected chi connectivity index (χ1v) is 6.27. The molecule has 0 bridgehead atoms. The van der Waals surface area contributed by atoms with Gasteiger partial charge in [0.15, 0.2) is 0 Å². The van der Waals surface area contributed by atoms with Crippen LogP contribution in [-0.4, -0.2) is 18.8 Å². The average Bonchev–Trinajstić information content (AvgIpc) is 2.71. The number of nitrogens with two attached hydrogens (primary N) is 1. The zero-order valence-corrected chi connectivity index (χ0v) is 10.6. The highest BCUT2D eigenvalue weighted by atomic mass is 35.5. The number of rotatable bonds is 3. The number of hydrogen-bond acceptors (Lipinski definition) is 2. The van der Waals surface area contributed by atoms with Gasteiger partial charge in [-0.2, -0.15) is 0 Å². The molecule has 0 aliphatic carbocycles. The zero-order chi connectivity index (χ0) is 12.4. The molecule has 1 aliphatic heterocycles. The Morgan fingerprint density at radius 3 is 3.00 bits per heavy atom. The van der Waals surface area contributed by atoms with Crippen molar-refractivity contribution in [2.75, 3.05) is 6.61 Å². The molecule has 94 valence electrons. The quantitative estimate of drug-likeness (QED) is 0.904. The van der Waals surface area contributed by atoms with Gasteiger partial charge in [0.1, 0.15) is 5.82 Å². The van der Waals surface area contributed by atoms with Crippen LogP contribution in [0, 0.1) is 11.7 Å². The highest BCUT2D eigenvalue weighted by Crippen LogP contribution is 2.27. The molecule has 0 spiro atoms. The maximum absolute atomic E-state index is 13.3. The molecular formula is C13H17ClFNO. The summed E-state index contributed by atoms with van der Waals surface area (Å²) in [6.07, 6.45) is 1.74. The second-order valence-electron chi connectivity index (χ2n) is 4.61. The number of ether oxygens (including phenoxy) is 1. The van der Waals surface area contributed by atoms with Crippen molar-refractivity contribution in [3.8, 4) is 0 Å². The van der Waals surface area contributed by atoms with Gasteiger partial charge in [-0.15, -0.1) is 0 Å². The first-order valence-electron chi connectivity index (χ1n) is 5.89. The van der Waals surface area contributed by atoms with Gasteiger partial charge in [-0.3, -0.25) is 0 Å². The van der Waals surface area contributed by atoms with Crippen LogP contribution in [0.4, 0.5) is 4.39 Å². The lowest BCUT2D eigenvalue weighted by atomic mass is 9.89. The maximum atomic E-state index is 13.3. The Morgan fingerprint density at radius 1 is 1.59 bits per heavy atom. The molecule has 1 heterocycles. The van der Waals surface area contributed by atoms with Gasteiger partial charge < -0.3 is 10.5 Å². The monoisotopic (exact) mass is 257 g/mol. The highest BCUT2D eigenvalue weighted by Gasteiger charge is 2.30. The highest BCUT2D eigenvalue weighted by molar-refractivity contribution is 6.31. The first kappa shape index (κ1) is 12.8. The molecule has 2 nitrogen and oxygen atoms in total. The summed E-state index contributed by atoms with van der Waals surface area (Å²) in [5.41, 5.74) is 6.94. The Bertz CT molecular complexity index is 399. The van der Waals surface area contributed by atoms with Crippen LogP contribution >= 0.6 is 11.6 Å². The summed E-state index contributed by atoms with van der Waals surface area (Å²) in [6.45, 7) is 2.79. The third-order valence-electron chi connectivity index (χ3n) is 3.47. The molecule has 1 aromatic rings. The van der Waals surface area contributed by atoms with E-state index in [-0.39, 0.29) is 23.0 Å². The lowest BCUT2D eigenvalue weighted by molar-refractivity contribution is 0.0995. The Labute approximate surface area is 106 Å². The van der Waals surface area contributed by atoms with Gasteiger partial charge in [-0.05, 0) is 31.4 Å². The van der Waals surface area contributed by atoms with Crippen LogP contribution in [0.15, 0.2) is 18.2 Å². The lowest BCUT2D eigenvalue weighted by Crippen LogP contribution is -2.36. The number of halogens is 2. The molecule has 2 rings (SSSR count). The normalized spacial score (nSPS) is 26.1. The van der Waals surface area contributed by atoms with E-state index in [4.69, 9.17) is 22.1 Å². The van der Waals surface area contributed by atoms with Crippen LogP contribution in [0.5, 0.6) is 0 Å². The fourth-order valence-corrected chi connectivity index (χ4v) is 2.63. The molecule has 1 saturated heterocycles. The minimum Gasteiger partial charge on any atom is -0.378 e. The molecule has 1 fully saturated rings. The zero-order valence-electron chi connectivity index (χ0n) is 9.83. The van der Waals surface area contributed by atoms with Crippen molar-refractivity contribution in [1.29, 1.82) is 0 Å². The summed E-state index contributed by atoms with van der Waals surface area (Å²) in [4.78, 5) is 0. The summed E-state index contributed by atoms with van der Waals surface area (Å²) >= 11 is 5.92. The van der Waals surface area contributed by atoms with E-state index in [9.17, 15) is 4.39 Å². The Morgan fingerprint density at radius 2 is 2.35 bits per heavy atom. The molecule has 0 aromatic heterocycles. The van der Waals surface area contributed by atoms with Gasteiger partial charge in [0.25, 0.3) is 0 Å². The molecule has 4 heteroatoms. The second-order valence-corrected chi connectivity index (χ2v) is 4.99. The molecular weight excluding hydrogens is 241 g/mol. The van der Waals surface area contributed by atoms with Crippen LogP contribution in [0.3, 0.4) is 0 Å². The Kier molecular flexibility index (Phi) is 4.02. The molecule has 2 N–H and O–H groups in total. The molecule has 3 unspecified atom stereocenters. The van der Waals surface area contributed by atoms with Crippen molar-refractivity contribution in [3.63, 3.8) is 0 Å². The van der Waals surface area contributed by atoms with Crippen molar-refractivity contribution < 1.29 is 9.13 Å². The fraction of sp³-hybridized carbons (Fsp3) is 0.538. The summed E-state index contributed by atoms with van der Waals surface area (Å²) < 4.78 is 18.8. The molecule has 17 heavy (non-hydrogen) atoms. The summed E-state index contributed by atoms with van der Waals surface area (Å²) in [5, 5.41) is 0.189. The SMILES string of the molecule is CC1OCCC1C(N)Cc1cccc(F)c1Cl. The molecule has 1 aromatic carbocycles. The number of benzene rings is 1. The predicted molar refractivity (Wildman–Crippen MR) is 66.6 cm³/mol. The molecule has 0 saturated carbocycles. The maximum Gasteiger partial charge on any atom is 0.142 e. The number of hydrogen-bond donors (Lipinski definition) is 1. The van der Waals surface area contributed by atoms with Gasteiger partial charge in [0.05, 0.1) is 11.1 Å². The fourth-order valence-electron chi connectivity index (χ4n) is 2.42. The third-order valence-corrected chi connectivity index (χ3v) is 3.90.